The second kappa shape index (κ2) is 7.54. The maximum Gasteiger partial charge on any atom is 0.243 e. The van der Waals surface area contributed by atoms with Crippen LogP contribution in [0.1, 0.15) is 31.2 Å². The van der Waals surface area contributed by atoms with E-state index in [9.17, 15) is 12.8 Å². The summed E-state index contributed by atoms with van der Waals surface area (Å²) in [7, 11) is -3.83. The molecular weight excluding hydrogens is 315 g/mol. The fourth-order valence-electron chi connectivity index (χ4n) is 2.73. The molecule has 1 aromatic carbocycles. The topological polar surface area (TPSA) is 72.2 Å². The van der Waals surface area contributed by atoms with E-state index in [4.69, 9.17) is 5.73 Å². The molecule has 0 bridgehead atoms. The van der Waals surface area contributed by atoms with Gasteiger partial charge in [0, 0.05) is 6.04 Å². The molecule has 4 nitrogen and oxygen atoms in total. The molecule has 21 heavy (non-hydrogen) atoms. The third kappa shape index (κ3) is 4.39. The molecule has 0 saturated heterocycles. The molecule has 0 heterocycles. The van der Waals surface area contributed by atoms with E-state index < -0.39 is 15.8 Å². The predicted molar refractivity (Wildman–Crippen MR) is 83.5 cm³/mol. The summed E-state index contributed by atoms with van der Waals surface area (Å²) in [6.07, 6.45) is 3.72. The van der Waals surface area contributed by atoms with Gasteiger partial charge in [0.15, 0.2) is 0 Å². The smallest absolute Gasteiger partial charge is 0.243 e. The highest BCUT2D eigenvalue weighted by Crippen LogP contribution is 2.25. The van der Waals surface area contributed by atoms with E-state index in [-0.39, 0.29) is 29.3 Å². The third-order valence-electron chi connectivity index (χ3n) is 3.90. The van der Waals surface area contributed by atoms with Gasteiger partial charge in [0.1, 0.15) is 10.7 Å². The Labute approximate surface area is 131 Å². The quantitative estimate of drug-likeness (QED) is 0.886. The molecule has 2 atom stereocenters. The number of benzene rings is 1. The van der Waals surface area contributed by atoms with Gasteiger partial charge in [0.05, 0.1) is 0 Å². The Balaban J connectivity index is 0.00000220. The number of nitrogens with one attached hydrogen (secondary N) is 1. The predicted octanol–water partition coefficient (Wildman–Crippen LogP) is 2.35. The molecule has 0 amide bonds. The Morgan fingerprint density at radius 2 is 2.00 bits per heavy atom. The van der Waals surface area contributed by atoms with Gasteiger partial charge in [-0.2, -0.15) is 0 Å². The number of rotatable bonds is 4. The number of sulfonamides is 1. The summed E-state index contributed by atoms with van der Waals surface area (Å²) in [5, 5.41) is 0. The van der Waals surface area contributed by atoms with Crippen molar-refractivity contribution in [1.29, 1.82) is 0 Å². The maximum absolute atomic E-state index is 13.8. The van der Waals surface area contributed by atoms with Crippen LogP contribution in [0.25, 0.3) is 0 Å². The minimum Gasteiger partial charge on any atom is -0.330 e. The van der Waals surface area contributed by atoms with Crippen LogP contribution in [-0.4, -0.2) is 21.0 Å². The van der Waals surface area contributed by atoms with Gasteiger partial charge < -0.3 is 5.73 Å². The number of nitrogens with two attached hydrogens (primary N) is 1. The molecule has 3 N–H and O–H groups in total. The zero-order chi connectivity index (χ0) is 14.8. The minimum absolute atomic E-state index is 0. The summed E-state index contributed by atoms with van der Waals surface area (Å²) in [5.41, 5.74) is 6.39. The lowest BCUT2D eigenvalue weighted by Crippen LogP contribution is -2.44. The van der Waals surface area contributed by atoms with Gasteiger partial charge in [-0.1, -0.05) is 18.9 Å². The first kappa shape index (κ1) is 18.4. The molecule has 0 aliphatic heterocycles. The van der Waals surface area contributed by atoms with Crippen LogP contribution >= 0.6 is 12.4 Å². The zero-order valence-corrected chi connectivity index (χ0v) is 13.6. The molecule has 2 rings (SSSR count). The van der Waals surface area contributed by atoms with E-state index in [0.717, 1.165) is 25.7 Å². The molecule has 1 aromatic rings. The lowest BCUT2D eigenvalue weighted by Gasteiger charge is -2.31. The highest BCUT2D eigenvalue weighted by atomic mass is 35.5. The molecule has 120 valence electrons. The van der Waals surface area contributed by atoms with Crippen LogP contribution < -0.4 is 10.5 Å². The monoisotopic (exact) mass is 336 g/mol. The fourth-order valence-corrected chi connectivity index (χ4v) is 4.13. The molecule has 1 fully saturated rings. The van der Waals surface area contributed by atoms with Gasteiger partial charge >= 0.3 is 0 Å². The van der Waals surface area contributed by atoms with Crippen LogP contribution in [0.2, 0.25) is 0 Å². The van der Waals surface area contributed by atoms with Crippen LogP contribution in [0.4, 0.5) is 4.39 Å². The van der Waals surface area contributed by atoms with Crippen molar-refractivity contribution in [3.8, 4) is 0 Å². The third-order valence-corrected chi connectivity index (χ3v) is 5.42. The summed E-state index contributed by atoms with van der Waals surface area (Å²) >= 11 is 0. The highest BCUT2D eigenvalue weighted by Gasteiger charge is 2.29. The van der Waals surface area contributed by atoms with Crippen molar-refractivity contribution in [2.45, 2.75) is 43.5 Å². The number of aryl methyl sites for hydroxylation is 1. The lowest BCUT2D eigenvalue weighted by molar-refractivity contribution is 0.296. The largest absolute Gasteiger partial charge is 0.330 e. The van der Waals surface area contributed by atoms with Gasteiger partial charge in [0.2, 0.25) is 10.0 Å². The van der Waals surface area contributed by atoms with E-state index in [1.54, 1.807) is 13.0 Å². The lowest BCUT2D eigenvalue weighted by atomic mass is 9.85. The molecule has 1 aliphatic carbocycles. The normalized spacial score (nSPS) is 22.6. The number of hydrogen-bond acceptors (Lipinski definition) is 3. The first-order valence-corrected chi connectivity index (χ1v) is 8.41. The summed E-state index contributed by atoms with van der Waals surface area (Å²) in [6, 6.07) is 3.95. The van der Waals surface area contributed by atoms with Crippen molar-refractivity contribution in [3.05, 3.63) is 29.6 Å². The van der Waals surface area contributed by atoms with Gasteiger partial charge in [-0.15, -0.1) is 12.4 Å². The van der Waals surface area contributed by atoms with E-state index >= 15 is 0 Å². The second-order valence-corrected chi connectivity index (χ2v) is 7.12. The van der Waals surface area contributed by atoms with Crippen molar-refractivity contribution in [2.75, 3.05) is 6.54 Å². The second-order valence-electron chi connectivity index (χ2n) is 5.44. The van der Waals surface area contributed by atoms with E-state index in [0.29, 0.717) is 12.1 Å². The summed E-state index contributed by atoms with van der Waals surface area (Å²) in [4.78, 5) is -0.288. The Morgan fingerprint density at radius 3 is 2.62 bits per heavy atom. The molecule has 1 aliphatic rings. The van der Waals surface area contributed by atoms with E-state index in [1.807, 2.05) is 0 Å². The summed E-state index contributed by atoms with van der Waals surface area (Å²) < 4.78 is 41.1. The molecule has 0 aromatic heterocycles. The van der Waals surface area contributed by atoms with Gasteiger partial charge in [-0.3, -0.25) is 0 Å². The number of halogens is 2. The van der Waals surface area contributed by atoms with E-state index in [2.05, 4.69) is 4.72 Å². The van der Waals surface area contributed by atoms with Gasteiger partial charge in [0.25, 0.3) is 0 Å². The first-order valence-electron chi connectivity index (χ1n) is 6.92. The van der Waals surface area contributed by atoms with Crippen LogP contribution in [0, 0.1) is 18.7 Å². The average Bonchev–Trinajstić information content (AvgIpc) is 2.38. The van der Waals surface area contributed by atoms with E-state index in [1.165, 1.54) is 12.1 Å². The SMILES string of the molecule is Cc1ccc(S(=O)(=O)NC2CCCCC2CN)c(F)c1.Cl. The molecule has 7 heteroatoms. The van der Waals surface area contributed by atoms with Crippen molar-refractivity contribution in [3.63, 3.8) is 0 Å². The first-order chi connectivity index (χ1) is 9.44. The molecule has 0 spiro atoms. The van der Waals surface area contributed by atoms with Crippen molar-refractivity contribution in [2.24, 2.45) is 11.7 Å². The van der Waals surface area contributed by atoms with Crippen LogP contribution in [-0.2, 0) is 10.0 Å². The van der Waals surface area contributed by atoms with Crippen molar-refractivity contribution < 1.29 is 12.8 Å². The Hall–Kier alpha value is -0.690. The number of hydrogen-bond donors (Lipinski definition) is 2. The Bertz CT molecular complexity index is 580. The summed E-state index contributed by atoms with van der Waals surface area (Å²) in [5.74, 6) is -0.579. The Morgan fingerprint density at radius 1 is 1.33 bits per heavy atom. The molecule has 2 unspecified atom stereocenters. The van der Waals surface area contributed by atoms with Crippen LogP contribution in [0.15, 0.2) is 23.1 Å². The van der Waals surface area contributed by atoms with Crippen LogP contribution in [0.3, 0.4) is 0 Å². The van der Waals surface area contributed by atoms with Gasteiger partial charge in [-0.05, 0) is 49.9 Å². The zero-order valence-electron chi connectivity index (χ0n) is 12.0. The van der Waals surface area contributed by atoms with Gasteiger partial charge in [-0.25, -0.2) is 17.5 Å². The highest BCUT2D eigenvalue weighted by molar-refractivity contribution is 7.89. The van der Waals surface area contributed by atoms with Crippen molar-refractivity contribution >= 4 is 22.4 Å². The fraction of sp³-hybridized carbons (Fsp3) is 0.571. The summed E-state index contributed by atoms with van der Waals surface area (Å²) in [6.45, 7) is 2.17. The standard InChI is InChI=1S/C14H21FN2O2S.ClH/c1-10-6-7-14(12(15)8-10)20(18,19)17-13-5-3-2-4-11(13)9-16;/h6-8,11,13,17H,2-5,9,16H2,1H3;1H. The molecule has 1 saturated carbocycles. The Kier molecular flexibility index (Phi) is 6.59. The maximum atomic E-state index is 13.8. The minimum atomic E-state index is -3.83. The average molecular weight is 337 g/mol. The molecule has 0 radical (unpaired) electrons. The molecular formula is C14H22ClFN2O2S. The van der Waals surface area contributed by atoms with Crippen molar-refractivity contribution in [1.82, 2.24) is 4.72 Å². The van der Waals surface area contributed by atoms with Crippen LogP contribution in [0.5, 0.6) is 0 Å².